The predicted molar refractivity (Wildman–Crippen MR) is 113 cm³/mol. The van der Waals surface area contributed by atoms with Crippen LogP contribution >= 0.6 is 7.26 Å². The van der Waals surface area contributed by atoms with Gasteiger partial charge < -0.3 is 0 Å². The van der Waals surface area contributed by atoms with Gasteiger partial charge in [-0.1, -0.05) is 0 Å². The molecule has 0 heterocycles. The molecular formula is C24H21P. The second-order valence-electron chi connectivity index (χ2n) is 6.21. The van der Waals surface area contributed by atoms with E-state index >= 15 is 0 Å². The molecule has 0 saturated heterocycles. The Morgan fingerprint density at radius 2 is 0.480 bits per heavy atom. The van der Waals surface area contributed by atoms with Gasteiger partial charge in [-0.25, -0.2) is 0 Å². The van der Waals surface area contributed by atoms with Crippen LogP contribution in [0.3, 0.4) is 0 Å². The van der Waals surface area contributed by atoms with Crippen LogP contribution in [0.4, 0.5) is 0 Å². The van der Waals surface area contributed by atoms with Crippen molar-refractivity contribution in [3.8, 4) is 0 Å². The van der Waals surface area contributed by atoms with E-state index < -0.39 is 7.26 Å². The van der Waals surface area contributed by atoms with Crippen molar-refractivity contribution < 1.29 is 0 Å². The molecule has 0 amide bonds. The molecule has 4 aromatic rings. The fraction of sp³-hybridized carbons (Fsp3) is 0. The predicted octanol–water partition coefficient (Wildman–Crippen LogP) is 4.04. The third kappa shape index (κ3) is 2.80. The second-order valence-corrected chi connectivity index (χ2v) is 10.0. The summed E-state index contributed by atoms with van der Waals surface area (Å²) < 4.78 is 0. The molecule has 4 aromatic carbocycles. The third-order valence-electron chi connectivity index (χ3n) is 4.83. The van der Waals surface area contributed by atoms with E-state index in [9.17, 15) is 0 Å². The van der Waals surface area contributed by atoms with E-state index in [4.69, 9.17) is 0 Å². The molecular weight excluding hydrogens is 319 g/mol. The summed E-state index contributed by atoms with van der Waals surface area (Å²) in [6.45, 7) is 0. The van der Waals surface area contributed by atoms with E-state index in [2.05, 4.69) is 121 Å². The molecule has 0 unspecified atom stereocenters. The minimum atomic E-state index is -2.30. The maximum absolute atomic E-state index is 2.30. The van der Waals surface area contributed by atoms with Gasteiger partial charge in [-0.05, 0) is 0 Å². The molecule has 0 fully saturated rings. The van der Waals surface area contributed by atoms with E-state index in [1.54, 1.807) is 0 Å². The molecule has 4 rings (SSSR count). The van der Waals surface area contributed by atoms with Crippen molar-refractivity contribution in [2.75, 3.05) is 0 Å². The van der Waals surface area contributed by atoms with E-state index in [-0.39, 0.29) is 0 Å². The van der Waals surface area contributed by atoms with Gasteiger partial charge in [-0.3, -0.25) is 0 Å². The standard InChI is InChI=1S/C24H21P/c1-5-13-21(14-6-1)25(22-15-7-2-8-16-22,23-17-9-3-10-18-23)24-19-11-4-12-20-24/h1-20,25H. The molecule has 25 heavy (non-hydrogen) atoms. The van der Waals surface area contributed by atoms with Gasteiger partial charge in [0, 0.05) is 0 Å². The van der Waals surface area contributed by atoms with Gasteiger partial charge in [-0.2, -0.15) is 0 Å². The molecule has 0 radical (unpaired) electrons. The fourth-order valence-electron chi connectivity index (χ4n) is 3.75. The van der Waals surface area contributed by atoms with Crippen molar-refractivity contribution in [3.63, 3.8) is 0 Å². The molecule has 1 heteroatoms. The Morgan fingerprint density at radius 3 is 0.680 bits per heavy atom. The van der Waals surface area contributed by atoms with Crippen LogP contribution in [0.15, 0.2) is 121 Å². The van der Waals surface area contributed by atoms with E-state index in [0.29, 0.717) is 0 Å². The zero-order valence-corrected chi connectivity index (χ0v) is 15.0. The molecule has 122 valence electrons. The van der Waals surface area contributed by atoms with Crippen molar-refractivity contribution in [3.05, 3.63) is 121 Å². The van der Waals surface area contributed by atoms with Crippen LogP contribution in [0.2, 0.25) is 0 Å². The third-order valence-corrected chi connectivity index (χ3v) is 9.62. The quantitative estimate of drug-likeness (QED) is 0.492. The molecule has 0 aromatic heterocycles. The Morgan fingerprint density at radius 1 is 0.280 bits per heavy atom. The average molecular weight is 340 g/mol. The zero-order chi connectivity index (χ0) is 17.0. The maximum atomic E-state index is 2.29. The number of hydrogen-bond acceptors (Lipinski definition) is 0. The molecule has 0 atom stereocenters. The van der Waals surface area contributed by atoms with Crippen molar-refractivity contribution >= 4 is 28.5 Å². The van der Waals surface area contributed by atoms with E-state index in [1.165, 1.54) is 21.2 Å². The summed E-state index contributed by atoms with van der Waals surface area (Å²) in [5.41, 5.74) is 0. The summed E-state index contributed by atoms with van der Waals surface area (Å²) in [6.07, 6.45) is 0. The molecule has 0 aliphatic heterocycles. The van der Waals surface area contributed by atoms with Crippen molar-refractivity contribution in [1.82, 2.24) is 0 Å². The Labute approximate surface area is 150 Å². The van der Waals surface area contributed by atoms with Crippen LogP contribution in [0, 0.1) is 0 Å². The van der Waals surface area contributed by atoms with Crippen LogP contribution in [0.1, 0.15) is 0 Å². The molecule has 0 saturated carbocycles. The molecule has 0 nitrogen and oxygen atoms in total. The SMILES string of the molecule is c1ccc([PH](c2ccccc2)(c2ccccc2)c2ccccc2)cc1. The molecule has 0 aliphatic carbocycles. The minimum absolute atomic E-state index is 1.42. The van der Waals surface area contributed by atoms with Gasteiger partial charge in [0.15, 0.2) is 0 Å². The molecule has 0 bridgehead atoms. The number of rotatable bonds is 4. The van der Waals surface area contributed by atoms with E-state index in [0.717, 1.165) is 0 Å². The monoisotopic (exact) mass is 340 g/mol. The molecule has 0 spiro atoms. The van der Waals surface area contributed by atoms with Gasteiger partial charge in [0.1, 0.15) is 0 Å². The van der Waals surface area contributed by atoms with E-state index in [1.807, 2.05) is 0 Å². The molecule has 0 N–H and O–H groups in total. The number of benzene rings is 4. The average Bonchev–Trinajstić information content (AvgIpc) is 2.72. The van der Waals surface area contributed by atoms with Gasteiger partial charge in [0.25, 0.3) is 0 Å². The Kier molecular flexibility index (Phi) is 4.46. The van der Waals surface area contributed by atoms with Crippen LogP contribution in [-0.4, -0.2) is 0 Å². The van der Waals surface area contributed by atoms with Gasteiger partial charge in [-0.15, -0.1) is 0 Å². The Balaban J connectivity index is 2.13. The normalized spacial score (nSPS) is 11.8. The zero-order valence-electron chi connectivity index (χ0n) is 14.0. The first kappa shape index (κ1) is 15.8. The van der Waals surface area contributed by atoms with Crippen LogP contribution in [0.5, 0.6) is 0 Å². The summed E-state index contributed by atoms with van der Waals surface area (Å²) in [4.78, 5) is 0. The summed E-state index contributed by atoms with van der Waals surface area (Å²) in [6, 6.07) is 44.0. The van der Waals surface area contributed by atoms with Gasteiger partial charge in [0.2, 0.25) is 0 Å². The van der Waals surface area contributed by atoms with Crippen LogP contribution < -0.4 is 21.2 Å². The summed E-state index contributed by atoms with van der Waals surface area (Å²) in [5, 5.41) is 5.66. The summed E-state index contributed by atoms with van der Waals surface area (Å²) >= 11 is 0. The summed E-state index contributed by atoms with van der Waals surface area (Å²) in [7, 11) is -2.30. The Hall–Kier alpha value is -2.69. The first-order valence-electron chi connectivity index (χ1n) is 8.64. The van der Waals surface area contributed by atoms with Crippen LogP contribution in [-0.2, 0) is 0 Å². The first-order chi connectivity index (χ1) is 12.4. The Bertz CT molecular complexity index is 753. The second kappa shape index (κ2) is 7.05. The van der Waals surface area contributed by atoms with Crippen LogP contribution in [0.25, 0.3) is 0 Å². The molecule has 0 aliphatic rings. The topological polar surface area (TPSA) is 0 Å². The van der Waals surface area contributed by atoms with Crippen molar-refractivity contribution in [2.24, 2.45) is 0 Å². The number of hydrogen-bond donors (Lipinski definition) is 0. The van der Waals surface area contributed by atoms with Gasteiger partial charge in [0.05, 0.1) is 0 Å². The van der Waals surface area contributed by atoms with Crippen molar-refractivity contribution in [1.29, 1.82) is 0 Å². The first-order valence-corrected chi connectivity index (χ1v) is 10.6. The fourth-order valence-corrected chi connectivity index (χ4v) is 8.52. The summed E-state index contributed by atoms with van der Waals surface area (Å²) in [5.74, 6) is 0. The van der Waals surface area contributed by atoms with Gasteiger partial charge >= 0.3 is 150 Å². The van der Waals surface area contributed by atoms with Crippen molar-refractivity contribution in [2.45, 2.75) is 0 Å².